The normalized spacial score (nSPS) is 13.6. The van der Waals surface area contributed by atoms with Crippen LogP contribution in [0.25, 0.3) is 0 Å². The minimum absolute atomic E-state index is 0.0780. The summed E-state index contributed by atoms with van der Waals surface area (Å²) < 4.78 is 48.5. The highest BCUT2D eigenvalue weighted by atomic mass is 16.6. The number of methoxy groups -OCH3 is 1. The van der Waals surface area contributed by atoms with Crippen LogP contribution in [0.3, 0.4) is 0 Å². The van der Waals surface area contributed by atoms with Crippen molar-refractivity contribution in [2.75, 3.05) is 132 Å². The van der Waals surface area contributed by atoms with Gasteiger partial charge in [0.15, 0.2) is 0 Å². The Bertz CT molecular complexity index is 1300. The summed E-state index contributed by atoms with van der Waals surface area (Å²) in [6.45, 7) is 13.6. The van der Waals surface area contributed by atoms with Gasteiger partial charge in [0, 0.05) is 45.3 Å². The number of carbonyl (C=O) groups excluding carboxylic acids is 5. The molecule has 7 N–H and O–H groups in total. The van der Waals surface area contributed by atoms with E-state index in [1.54, 1.807) is 27.9 Å². The summed E-state index contributed by atoms with van der Waals surface area (Å²) in [6, 6.07) is -1.56. The molecule has 0 spiro atoms. The molecule has 0 aromatic carbocycles. The van der Waals surface area contributed by atoms with Crippen LogP contribution >= 0.6 is 0 Å². The Balaban J connectivity index is 2.30. The first-order valence-corrected chi connectivity index (χ1v) is 24.0. The van der Waals surface area contributed by atoms with Crippen LogP contribution in [0, 0.1) is 0 Å². The van der Waals surface area contributed by atoms with E-state index >= 15 is 0 Å². The Morgan fingerprint density at radius 1 is 0.576 bits per heavy atom. The molecule has 20 nitrogen and oxygen atoms in total. The average Bonchev–Trinajstić information content (AvgIpc) is 3.28. The van der Waals surface area contributed by atoms with Gasteiger partial charge in [0.05, 0.1) is 106 Å². The molecule has 1 aliphatic carbocycles. The summed E-state index contributed by atoms with van der Waals surface area (Å²) in [4.78, 5) is 64.1. The van der Waals surface area contributed by atoms with E-state index in [9.17, 15) is 24.0 Å². The Labute approximate surface area is 393 Å². The molecule has 2 atom stereocenters. The van der Waals surface area contributed by atoms with Gasteiger partial charge in [-0.1, -0.05) is 6.08 Å². The summed E-state index contributed by atoms with van der Waals surface area (Å²) in [5.41, 5.74) is 6.19. The Kier molecular flexibility index (Phi) is 38.3. The molecule has 0 saturated carbocycles. The number of hydrogen-bond donors (Lipinski definition) is 6. The first-order valence-electron chi connectivity index (χ1n) is 24.0. The number of hydrogen-bond acceptors (Lipinski definition) is 16. The van der Waals surface area contributed by atoms with Gasteiger partial charge >= 0.3 is 5.97 Å². The molecule has 0 aliphatic heterocycles. The fraction of sp³-hybridized carbons (Fsp3) is 0.848. The lowest BCUT2D eigenvalue weighted by atomic mass is 10.1. The lowest BCUT2D eigenvalue weighted by Crippen LogP contribution is -2.48. The second kappa shape index (κ2) is 41.7. The first-order chi connectivity index (χ1) is 31.9. The third-order valence-electron chi connectivity index (χ3n) is 9.65. The average molecular weight is 947 g/mol. The molecule has 1 rings (SSSR count). The van der Waals surface area contributed by atoms with Gasteiger partial charge in [0.2, 0.25) is 23.6 Å². The first kappa shape index (κ1) is 60.5. The zero-order valence-corrected chi connectivity index (χ0v) is 40.7. The Morgan fingerprint density at radius 3 is 1.52 bits per heavy atom. The molecule has 0 aromatic rings. The quantitative estimate of drug-likeness (QED) is 0.0376. The zero-order chi connectivity index (χ0) is 48.4. The molecule has 20 heteroatoms. The van der Waals surface area contributed by atoms with E-state index in [-0.39, 0.29) is 43.6 Å². The molecule has 0 fully saturated rings. The summed E-state index contributed by atoms with van der Waals surface area (Å²) >= 11 is 0. The number of nitrogens with two attached hydrogens (primary N) is 1. The van der Waals surface area contributed by atoms with E-state index in [0.29, 0.717) is 157 Å². The largest absolute Gasteiger partial charge is 0.460 e. The third kappa shape index (κ3) is 37.6. The van der Waals surface area contributed by atoms with Gasteiger partial charge in [0.1, 0.15) is 17.7 Å². The minimum atomic E-state index is -0.819. The van der Waals surface area contributed by atoms with Crippen LogP contribution in [0.5, 0.6) is 0 Å². The highest BCUT2D eigenvalue weighted by Crippen LogP contribution is 2.14. The summed E-state index contributed by atoms with van der Waals surface area (Å²) in [5.74, 6) is -1.85. The maximum Gasteiger partial charge on any atom is 0.306 e. The maximum absolute atomic E-state index is 13.2. The smallest absolute Gasteiger partial charge is 0.306 e. The van der Waals surface area contributed by atoms with Crippen molar-refractivity contribution in [2.45, 2.75) is 122 Å². The Hall–Kier alpha value is -3.47. The molecule has 4 amide bonds. The molecular formula is C46H86N6O14. The monoisotopic (exact) mass is 947 g/mol. The van der Waals surface area contributed by atoms with Crippen LogP contribution in [0.4, 0.5) is 0 Å². The Morgan fingerprint density at radius 2 is 1.05 bits per heavy atom. The van der Waals surface area contributed by atoms with E-state index in [0.717, 1.165) is 19.3 Å². The summed E-state index contributed by atoms with van der Waals surface area (Å²) in [5, 5.41) is 14.8. The minimum Gasteiger partial charge on any atom is -0.460 e. The van der Waals surface area contributed by atoms with E-state index in [4.69, 9.17) is 48.4 Å². The summed E-state index contributed by atoms with van der Waals surface area (Å²) in [6.07, 6.45) is 9.59. The predicted octanol–water partition coefficient (Wildman–Crippen LogP) is 1.81. The molecule has 0 bridgehead atoms. The van der Waals surface area contributed by atoms with Crippen molar-refractivity contribution in [1.29, 1.82) is 0 Å². The highest BCUT2D eigenvalue weighted by Gasteiger charge is 2.23. The lowest BCUT2D eigenvalue weighted by molar-refractivity contribution is -0.155. The molecule has 0 unspecified atom stereocenters. The van der Waals surface area contributed by atoms with Crippen LogP contribution < -0.4 is 32.3 Å². The second-order valence-electron chi connectivity index (χ2n) is 16.6. The number of rotatable bonds is 44. The van der Waals surface area contributed by atoms with Gasteiger partial charge in [-0.2, -0.15) is 0 Å². The van der Waals surface area contributed by atoms with Gasteiger partial charge in [-0.15, -0.1) is 0 Å². The van der Waals surface area contributed by atoms with Crippen LogP contribution in [-0.2, 0) is 66.6 Å². The van der Waals surface area contributed by atoms with Gasteiger partial charge in [-0.3, -0.25) is 24.0 Å². The number of allylic oxidation sites excluding steroid dienone is 2. The van der Waals surface area contributed by atoms with Crippen LogP contribution in [0.15, 0.2) is 11.8 Å². The molecule has 0 heterocycles. The molecule has 384 valence electrons. The van der Waals surface area contributed by atoms with Crippen LogP contribution in [-0.4, -0.2) is 180 Å². The predicted molar refractivity (Wildman–Crippen MR) is 248 cm³/mol. The number of unbranched alkanes of at least 4 members (excludes halogenated alkanes) is 2. The van der Waals surface area contributed by atoms with Gasteiger partial charge < -0.3 is 74.9 Å². The molecular weight excluding hydrogens is 861 g/mol. The number of esters is 1. The fourth-order valence-corrected chi connectivity index (χ4v) is 6.24. The van der Waals surface area contributed by atoms with Crippen molar-refractivity contribution in [3.8, 4) is 0 Å². The van der Waals surface area contributed by atoms with Crippen molar-refractivity contribution in [2.24, 2.45) is 5.73 Å². The number of nitrogens with one attached hydrogen (secondary N) is 5. The van der Waals surface area contributed by atoms with Crippen molar-refractivity contribution >= 4 is 29.6 Å². The van der Waals surface area contributed by atoms with E-state index in [2.05, 4.69) is 32.7 Å². The number of ether oxygens (including phenoxy) is 9. The lowest BCUT2D eigenvalue weighted by Gasteiger charge is -2.21. The highest BCUT2D eigenvalue weighted by molar-refractivity contribution is 5.89. The molecule has 0 aromatic heterocycles. The van der Waals surface area contributed by atoms with Crippen LogP contribution in [0.1, 0.15) is 104 Å². The van der Waals surface area contributed by atoms with E-state index in [1.165, 1.54) is 12.1 Å². The second-order valence-corrected chi connectivity index (χ2v) is 16.6. The van der Waals surface area contributed by atoms with Gasteiger partial charge in [0.25, 0.3) is 0 Å². The zero-order valence-electron chi connectivity index (χ0n) is 40.7. The topological polar surface area (TPSA) is 255 Å². The van der Waals surface area contributed by atoms with Gasteiger partial charge in [-0.25, -0.2) is 0 Å². The van der Waals surface area contributed by atoms with Gasteiger partial charge in [-0.05, 0) is 91.5 Å². The van der Waals surface area contributed by atoms with Crippen molar-refractivity contribution in [3.63, 3.8) is 0 Å². The number of amides is 4. The molecule has 0 radical (unpaired) electrons. The summed E-state index contributed by atoms with van der Waals surface area (Å²) in [7, 11) is 1.63. The van der Waals surface area contributed by atoms with Crippen molar-refractivity contribution in [3.05, 3.63) is 11.8 Å². The maximum atomic E-state index is 13.2. The van der Waals surface area contributed by atoms with E-state index in [1.807, 2.05) is 0 Å². The molecule has 1 aliphatic rings. The van der Waals surface area contributed by atoms with Crippen molar-refractivity contribution < 1.29 is 66.6 Å². The van der Waals surface area contributed by atoms with Crippen molar-refractivity contribution in [1.82, 2.24) is 26.6 Å². The van der Waals surface area contributed by atoms with Crippen LogP contribution in [0.2, 0.25) is 0 Å². The standard InChI is InChI=1S/C46H86N6O14/c1-46(2,3)66-43(55)17-16-41(53)51-40(45(57)50-22-21-48-38-12-6-5-7-13-38)15-9-11-20-49-44(56)39(14-8-10-19-47)52-42(54)18-23-59-26-27-61-30-31-63-34-35-65-37-36-64-33-32-62-29-28-60-25-24-58-4/h12,39-40,48H,5-11,13-37,47H2,1-4H3,(H,49,56)(H,50,57)(H,51,53)(H,52,54)/t39-,40-/m0/s1. The SMILES string of the molecule is COCCOCCOCCOCCOCCOCCOCCOCCC(=O)N[C@@H](CCCCN)C(=O)NCCCC[C@H](NC(=O)CCC(=O)OC(C)(C)C)C(=O)NCCNC1=CCCCC1. The third-order valence-corrected chi connectivity index (χ3v) is 9.65. The molecule has 66 heavy (non-hydrogen) atoms. The fourth-order valence-electron chi connectivity index (χ4n) is 6.24. The number of carbonyl (C=O) groups is 5. The molecule has 0 saturated heterocycles. The van der Waals surface area contributed by atoms with E-state index < -0.39 is 29.6 Å².